The molecule has 0 aliphatic carbocycles. The molecule has 0 aromatic heterocycles. The summed E-state index contributed by atoms with van der Waals surface area (Å²) in [5.74, 6) is 0.628. The summed E-state index contributed by atoms with van der Waals surface area (Å²) in [5.41, 5.74) is 6.23. The highest BCUT2D eigenvalue weighted by Crippen LogP contribution is 2.22. The van der Waals surface area contributed by atoms with Gasteiger partial charge < -0.3 is 15.4 Å². The van der Waals surface area contributed by atoms with Gasteiger partial charge in [0.05, 0.1) is 12.0 Å². The monoisotopic (exact) mass is 315 g/mol. The molecule has 1 rings (SSSR count). The minimum Gasteiger partial charge on any atom is -0.497 e. The van der Waals surface area contributed by atoms with Gasteiger partial charge in [-0.05, 0) is 50.3 Å². The fourth-order valence-corrected chi connectivity index (χ4v) is 3.17. The molecule has 0 spiro atoms. The van der Waals surface area contributed by atoms with Gasteiger partial charge in [0.25, 0.3) is 0 Å². The van der Waals surface area contributed by atoms with E-state index in [9.17, 15) is 8.42 Å². The van der Waals surface area contributed by atoms with Crippen molar-refractivity contribution in [1.82, 2.24) is 9.62 Å². The number of benzene rings is 1. The van der Waals surface area contributed by atoms with Crippen molar-refractivity contribution < 1.29 is 13.2 Å². The first kappa shape index (κ1) is 17.9. The molecule has 0 radical (unpaired) electrons. The van der Waals surface area contributed by atoms with E-state index in [2.05, 4.69) is 4.72 Å². The molecule has 21 heavy (non-hydrogen) atoms. The molecule has 3 N–H and O–H groups in total. The number of rotatable bonds is 9. The summed E-state index contributed by atoms with van der Waals surface area (Å²) in [7, 11) is -0.0336. The molecule has 0 amide bonds. The first-order chi connectivity index (χ1) is 9.94. The number of methoxy groups -OCH3 is 1. The number of hydrogen-bond donors (Lipinski definition) is 2. The van der Waals surface area contributed by atoms with E-state index in [1.807, 2.05) is 18.9 Å². The van der Waals surface area contributed by atoms with Gasteiger partial charge in [-0.15, -0.1) is 0 Å². The molecule has 0 saturated carbocycles. The van der Waals surface area contributed by atoms with Gasteiger partial charge in [-0.3, -0.25) is 0 Å². The fourth-order valence-electron chi connectivity index (χ4n) is 1.90. The zero-order chi connectivity index (χ0) is 15.9. The van der Waals surface area contributed by atoms with Crippen LogP contribution < -0.4 is 15.2 Å². The predicted molar refractivity (Wildman–Crippen MR) is 84.1 cm³/mol. The maximum atomic E-state index is 12.4. The number of nitrogens with zero attached hydrogens (tertiary/aromatic N) is 1. The van der Waals surface area contributed by atoms with Crippen molar-refractivity contribution in [3.8, 4) is 5.75 Å². The minimum atomic E-state index is -3.53. The zero-order valence-electron chi connectivity index (χ0n) is 12.9. The quantitative estimate of drug-likeness (QED) is 0.690. The van der Waals surface area contributed by atoms with Crippen molar-refractivity contribution in [3.63, 3.8) is 0 Å². The molecule has 120 valence electrons. The Morgan fingerprint density at radius 2 is 2.10 bits per heavy atom. The van der Waals surface area contributed by atoms with E-state index in [1.54, 1.807) is 25.3 Å². The second-order valence-electron chi connectivity index (χ2n) is 4.81. The lowest BCUT2D eigenvalue weighted by Crippen LogP contribution is -2.33. The van der Waals surface area contributed by atoms with E-state index < -0.39 is 10.0 Å². The van der Waals surface area contributed by atoms with Crippen LogP contribution in [-0.4, -0.2) is 53.7 Å². The molecule has 0 atom stereocenters. The number of nitrogens with two attached hydrogens (primary N) is 1. The normalized spacial score (nSPS) is 11.9. The minimum absolute atomic E-state index is 0.271. The van der Waals surface area contributed by atoms with Gasteiger partial charge in [-0.2, -0.15) is 0 Å². The van der Waals surface area contributed by atoms with Crippen LogP contribution in [0.1, 0.15) is 12.5 Å². The van der Waals surface area contributed by atoms with Crippen LogP contribution >= 0.6 is 0 Å². The van der Waals surface area contributed by atoms with Gasteiger partial charge in [0.1, 0.15) is 5.75 Å². The Bertz CT molecular complexity index is 546. The van der Waals surface area contributed by atoms with Crippen LogP contribution in [0.4, 0.5) is 0 Å². The van der Waals surface area contributed by atoms with Gasteiger partial charge in [0.15, 0.2) is 0 Å². The van der Waals surface area contributed by atoms with Crippen LogP contribution in [0.2, 0.25) is 0 Å². The fraction of sp³-hybridized carbons (Fsp3) is 0.571. The van der Waals surface area contributed by atoms with Gasteiger partial charge in [-0.25, -0.2) is 13.1 Å². The molecule has 1 aromatic rings. The molecule has 0 heterocycles. The summed E-state index contributed by atoms with van der Waals surface area (Å²) < 4.78 is 32.5. The Morgan fingerprint density at radius 3 is 2.67 bits per heavy atom. The summed E-state index contributed by atoms with van der Waals surface area (Å²) in [6.45, 7) is 4.33. The third-order valence-electron chi connectivity index (χ3n) is 3.30. The topological polar surface area (TPSA) is 84.7 Å². The summed E-state index contributed by atoms with van der Waals surface area (Å²) in [5, 5.41) is 0. The van der Waals surface area contributed by atoms with Crippen LogP contribution in [0, 0.1) is 0 Å². The Kier molecular flexibility index (Phi) is 7.10. The van der Waals surface area contributed by atoms with Gasteiger partial charge in [0, 0.05) is 13.1 Å². The van der Waals surface area contributed by atoms with Gasteiger partial charge >= 0.3 is 0 Å². The smallest absolute Gasteiger partial charge is 0.240 e. The Balaban J connectivity index is 2.91. The molecule has 0 unspecified atom stereocenters. The summed E-state index contributed by atoms with van der Waals surface area (Å²) in [6.07, 6.45) is 0.488. The highest BCUT2D eigenvalue weighted by Gasteiger charge is 2.18. The van der Waals surface area contributed by atoms with Crippen molar-refractivity contribution in [3.05, 3.63) is 23.8 Å². The predicted octanol–water partition coefficient (Wildman–Crippen LogP) is 0.426. The lowest BCUT2D eigenvalue weighted by Gasteiger charge is -2.16. The second-order valence-corrected chi connectivity index (χ2v) is 6.54. The Hall–Kier alpha value is -1.15. The number of ether oxygens (including phenoxy) is 1. The third-order valence-corrected chi connectivity index (χ3v) is 4.86. The lowest BCUT2D eigenvalue weighted by molar-refractivity contribution is 0.358. The first-order valence-corrected chi connectivity index (χ1v) is 8.48. The van der Waals surface area contributed by atoms with E-state index in [0.717, 1.165) is 6.54 Å². The Morgan fingerprint density at radius 1 is 1.38 bits per heavy atom. The van der Waals surface area contributed by atoms with E-state index in [0.29, 0.717) is 37.4 Å². The maximum Gasteiger partial charge on any atom is 0.240 e. The molecule has 0 aliphatic rings. The standard InChI is InChI=1S/C14H25N3O3S/c1-4-17(2)10-9-16-21(18,19)14-6-5-13(20-3)11-12(14)7-8-15/h5-6,11,16H,4,7-10,15H2,1-3H3. The molecule has 0 fully saturated rings. The molecular weight excluding hydrogens is 290 g/mol. The van der Waals surface area contributed by atoms with Crippen LogP contribution in [-0.2, 0) is 16.4 Å². The average Bonchev–Trinajstić information content (AvgIpc) is 2.46. The van der Waals surface area contributed by atoms with E-state index in [1.165, 1.54) is 0 Å². The highest BCUT2D eigenvalue weighted by atomic mass is 32.2. The van der Waals surface area contributed by atoms with E-state index in [4.69, 9.17) is 10.5 Å². The Labute approximate surface area is 127 Å². The van der Waals surface area contributed by atoms with Crippen LogP contribution in [0.5, 0.6) is 5.75 Å². The average molecular weight is 315 g/mol. The number of sulfonamides is 1. The van der Waals surface area contributed by atoms with Crippen molar-refractivity contribution in [2.24, 2.45) is 5.73 Å². The third kappa shape index (κ3) is 5.28. The second kappa shape index (κ2) is 8.33. The maximum absolute atomic E-state index is 12.4. The SMILES string of the molecule is CCN(C)CCNS(=O)(=O)c1ccc(OC)cc1CCN. The molecule has 1 aromatic carbocycles. The van der Waals surface area contributed by atoms with E-state index in [-0.39, 0.29) is 4.90 Å². The zero-order valence-corrected chi connectivity index (χ0v) is 13.7. The molecular formula is C14H25N3O3S. The van der Waals surface area contributed by atoms with E-state index >= 15 is 0 Å². The van der Waals surface area contributed by atoms with Crippen molar-refractivity contribution >= 4 is 10.0 Å². The van der Waals surface area contributed by atoms with Crippen LogP contribution in [0.15, 0.2) is 23.1 Å². The molecule has 0 bridgehead atoms. The highest BCUT2D eigenvalue weighted by molar-refractivity contribution is 7.89. The summed E-state index contributed by atoms with van der Waals surface area (Å²) >= 11 is 0. The first-order valence-electron chi connectivity index (χ1n) is 6.99. The summed E-state index contributed by atoms with van der Waals surface area (Å²) in [4.78, 5) is 2.31. The van der Waals surface area contributed by atoms with Gasteiger partial charge in [-0.1, -0.05) is 6.92 Å². The van der Waals surface area contributed by atoms with Crippen LogP contribution in [0.25, 0.3) is 0 Å². The number of nitrogens with one attached hydrogen (secondary N) is 1. The van der Waals surface area contributed by atoms with Crippen molar-refractivity contribution in [2.45, 2.75) is 18.2 Å². The van der Waals surface area contributed by atoms with Crippen molar-refractivity contribution in [2.75, 3.05) is 40.3 Å². The number of hydrogen-bond acceptors (Lipinski definition) is 5. The van der Waals surface area contributed by atoms with Gasteiger partial charge in [0.2, 0.25) is 10.0 Å². The molecule has 0 aliphatic heterocycles. The molecule has 6 nitrogen and oxygen atoms in total. The molecule has 0 saturated heterocycles. The largest absolute Gasteiger partial charge is 0.497 e. The van der Waals surface area contributed by atoms with Crippen LogP contribution in [0.3, 0.4) is 0 Å². The lowest BCUT2D eigenvalue weighted by atomic mass is 10.1. The molecule has 7 heteroatoms. The van der Waals surface area contributed by atoms with Crippen molar-refractivity contribution in [1.29, 1.82) is 0 Å². The number of likely N-dealkylation sites (N-methyl/N-ethyl adjacent to an activating group) is 1. The summed E-state index contributed by atoms with van der Waals surface area (Å²) in [6, 6.07) is 4.93.